The Bertz CT molecular complexity index is 693. The normalized spacial score (nSPS) is 10.8. The van der Waals surface area contributed by atoms with Crippen molar-refractivity contribution in [3.63, 3.8) is 0 Å². The van der Waals surface area contributed by atoms with E-state index in [0.717, 1.165) is 10.2 Å². The molecule has 2 N–H and O–H groups in total. The van der Waals surface area contributed by atoms with Crippen LogP contribution in [0.25, 0.3) is 10.2 Å². The molecule has 0 amide bonds. The van der Waals surface area contributed by atoms with Crippen molar-refractivity contribution in [1.82, 2.24) is 4.98 Å². The third-order valence-corrected chi connectivity index (χ3v) is 3.64. The van der Waals surface area contributed by atoms with Gasteiger partial charge in [-0.15, -0.1) is 0 Å². The zero-order chi connectivity index (χ0) is 13.2. The number of aromatic nitrogens is 1. The molecule has 0 unspecified atom stereocenters. The molecule has 0 spiro atoms. The first-order valence-corrected chi connectivity index (χ1v) is 6.60. The third-order valence-electron chi connectivity index (χ3n) is 2.72. The molecule has 5 heteroatoms. The highest BCUT2D eigenvalue weighted by Crippen LogP contribution is 2.31. The molecule has 0 saturated carbocycles. The average molecular weight is 274 g/mol. The fourth-order valence-electron chi connectivity index (χ4n) is 1.75. The Kier molecular flexibility index (Phi) is 3.15. The summed E-state index contributed by atoms with van der Waals surface area (Å²) in [4.78, 5) is 4.33. The third kappa shape index (κ3) is 2.43. The second kappa shape index (κ2) is 4.95. The molecule has 1 aromatic heterocycles. The molecule has 0 radical (unpaired) electrons. The van der Waals surface area contributed by atoms with Crippen molar-refractivity contribution in [3.05, 3.63) is 53.8 Å². The van der Waals surface area contributed by atoms with Crippen LogP contribution in [0.4, 0.5) is 4.39 Å². The van der Waals surface area contributed by atoms with Gasteiger partial charge in [-0.25, -0.2) is 9.37 Å². The van der Waals surface area contributed by atoms with Crippen LogP contribution >= 0.6 is 11.3 Å². The topological polar surface area (TPSA) is 48.1 Å². The van der Waals surface area contributed by atoms with Gasteiger partial charge in [0.25, 0.3) is 5.19 Å². The molecule has 1 heterocycles. The molecule has 0 aliphatic heterocycles. The average Bonchev–Trinajstić information content (AvgIpc) is 2.81. The summed E-state index contributed by atoms with van der Waals surface area (Å²) in [5.74, 6) is 0.0647. The Balaban J connectivity index is 1.90. The predicted molar refractivity (Wildman–Crippen MR) is 74.0 cm³/mol. The molecular weight excluding hydrogens is 263 g/mol. The lowest BCUT2D eigenvalue weighted by Gasteiger charge is -2.04. The van der Waals surface area contributed by atoms with Crippen molar-refractivity contribution >= 4 is 21.6 Å². The van der Waals surface area contributed by atoms with Crippen LogP contribution in [0.3, 0.4) is 0 Å². The molecule has 3 rings (SSSR count). The number of nitrogens with zero attached hydrogens (tertiary/aromatic N) is 1. The molecule has 3 nitrogen and oxygen atoms in total. The van der Waals surface area contributed by atoms with E-state index in [1.807, 2.05) is 24.3 Å². The van der Waals surface area contributed by atoms with Crippen molar-refractivity contribution in [2.45, 2.75) is 6.54 Å². The summed E-state index contributed by atoms with van der Waals surface area (Å²) in [6.45, 7) is 0.174. The number of thiazole rings is 1. The fraction of sp³-hybridized carbons (Fsp3) is 0.0714. The van der Waals surface area contributed by atoms with Crippen LogP contribution in [0.5, 0.6) is 10.9 Å². The minimum Gasteiger partial charge on any atom is -0.431 e. The molecule has 0 fully saturated rings. The number of nitrogens with two attached hydrogens (primary N) is 1. The molecular formula is C14H11FN2OS. The van der Waals surface area contributed by atoms with Crippen molar-refractivity contribution < 1.29 is 9.13 Å². The predicted octanol–water partition coefficient (Wildman–Crippen LogP) is 3.69. The molecule has 0 bridgehead atoms. The number of rotatable bonds is 3. The molecule has 0 aliphatic rings. The largest absolute Gasteiger partial charge is 0.431 e. The first kappa shape index (κ1) is 12.1. The Morgan fingerprint density at radius 2 is 2.05 bits per heavy atom. The fourth-order valence-corrected chi connectivity index (χ4v) is 2.59. The Labute approximate surface area is 113 Å². The summed E-state index contributed by atoms with van der Waals surface area (Å²) in [6, 6.07) is 12.4. The van der Waals surface area contributed by atoms with E-state index in [9.17, 15) is 4.39 Å². The Hall–Kier alpha value is -1.98. The van der Waals surface area contributed by atoms with Gasteiger partial charge in [-0.05, 0) is 18.2 Å². The van der Waals surface area contributed by atoms with Crippen LogP contribution in [0.15, 0.2) is 42.5 Å². The Morgan fingerprint density at radius 3 is 2.79 bits per heavy atom. The number of ether oxygens (including phenoxy) is 1. The zero-order valence-electron chi connectivity index (χ0n) is 9.97. The summed E-state index contributed by atoms with van der Waals surface area (Å²) in [6.07, 6.45) is 0. The van der Waals surface area contributed by atoms with Gasteiger partial charge in [-0.3, -0.25) is 0 Å². The molecule has 19 heavy (non-hydrogen) atoms. The van der Waals surface area contributed by atoms with Crippen LogP contribution in [0.1, 0.15) is 5.56 Å². The van der Waals surface area contributed by atoms with Gasteiger partial charge in [-0.2, -0.15) is 0 Å². The maximum absolute atomic E-state index is 13.6. The number of para-hydroxylation sites is 1. The van der Waals surface area contributed by atoms with E-state index in [1.54, 1.807) is 12.1 Å². The van der Waals surface area contributed by atoms with Crippen molar-refractivity contribution in [3.8, 4) is 10.9 Å². The van der Waals surface area contributed by atoms with Gasteiger partial charge in [0.1, 0.15) is 11.6 Å². The van der Waals surface area contributed by atoms with Gasteiger partial charge in [-0.1, -0.05) is 29.5 Å². The first-order chi connectivity index (χ1) is 9.26. The van der Waals surface area contributed by atoms with Crippen LogP contribution in [-0.4, -0.2) is 4.98 Å². The lowest BCUT2D eigenvalue weighted by molar-refractivity contribution is 0.473. The maximum Gasteiger partial charge on any atom is 0.279 e. The summed E-state index contributed by atoms with van der Waals surface area (Å²) in [5.41, 5.74) is 6.76. The summed E-state index contributed by atoms with van der Waals surface area (Å²) in [7, 11) is 0. The van der Waals surface area contributed by atoms with Crippen molar-refractivity contribution in [2.75, 3.05) is 0 Å². The van der Waals surface area contributed by atoms with E-state index in [2.05, 4.69) is 4.98 Å². The number of halogens is 1. The van der Waals surface area contributed by atoms with Gasteiger partial charge in [0, 0.05) is 18.2 Å². The van der Waals surface area contributed by atoms with E-state index >= 15 is 0 Å². The van der Waals surface area contributed by atoms with E-state index < -0.39 is 0 Å². The number of benzene rings is 2. The van der Waals surface area contributed by atoms with E-state index in [0.29, 0.717) is 16.5 Å². The van der Waals surface area contributed by atoms with Gasteiger partial charge in [0.15, 0.2) is 0 Å². The monoisotopic (exact) mass is 274 g/mol. The minimum absolute atomic E-state index is 0.174. The second-order valence-corrected chi connectivity index (χ2v) is 5.00. The molecule has 0 atom stereocenters. The highest BCUT2D eigenvalue weighted by atomic mass is 32.1. The maximum atomic E-state index is 13.6. The minimum atomic E-state index is -0.360. The molecule has 0 saturated heterocycles. The standard InChI is InChI=1S/C14H11FN2OS/c15-11-7-10(6-5-9(11)8-16)18-14-17-12-3-1-2-4-13(12)19-14/h1-7H,8,16H2. The van der Waals surface area contributed by atoms with Crippen molar-refractivity contribution in [1.29, 1.82) is 0 Å². The van der Waals surface area contributed by atoms with Crippen LogP contribution < -0.4 is 10.5 Å². The van der Waals surface area contributed by atoms with Crippen LogP contribution in [-0.2, 0) is 6.54 Å². The van der Waals surface area contributed by atoms with Crippen molar-refractivity contribution in [2.24, 2.45) is 5.73 Å². The summed E-state index contributed by atoms with van der Waals surface area (Å²) >= 11 is 1.43. The summed E-state index contributed by atoms with van der Waals surface area (Å²) < 4.78 is 20.2. The lowest BCUT2D eigenvalue weighted by atomic mass is 10.2. The first-order valence-electron chi connectivity index (χ1n) is 5.78. The number of fused-ring (bicyclic) bond motifs is 1. The SMILES string of the molecule is NCc1ccc(Oc2nc3ccccc3s2)cc1F. The van der Waals surface area contributed by atoms with Crippen LogP contribution in [0.2, 0.25) is 0 Å². The molecule has 96 valence electrons. The highest BCUT2D eigenvalue weighted by Gasteiger charge is 2.07. The second-order valence-electron chi connectivity index (χ2n) is 4.01. The molecule has 0 aliphatic carbocycles. The highest BCUT2D eigenvalue weighted by molar-refractivity contribution is 7.20. The van der Waals surface area contributed by atoms with E-state index in [4.69, 9.17) is 10.5 Å². The molecule has 3 aromatic rings. The van der Waals surface area contributed by atoms with Gasteiger partial charge in [0.2, 0.25) is 0 Å². The number of hydrogen-bond acceptors (Lipinski definition) is 4. The van der Waals surface area contributed by atoms with Gasteiger partial charge < -0.3 is 10.5 Å². The van der Waals surface area contributed by atoms with E-state index in [-0.39, 0.29) is 12.4 Å². The van der Waals surface area contributed by atoms with Gasteiger partial charge >= 0.3 is 0 Å². The van der Waals surface area contributed by atoms with Gasteiger partial charge in [0.05, 0.1) is 10.2 Å². The summed E-state index contributed by atoms with van der Waals surface area (Å²) in [5, 5.41) is 0.501. The quantitative estimate of drug-likeness (QED) is 0.792. The Morgan fingerprint density at radius 1 is 1.21 bits per heavy atom. The lowest BCUT2D eigenvalue weighted by Crippen LogP contribution is -1.99. The molecule has 2 aromatic carbocycles. The van der Waals surface area contributed by atoms with E-state index in [1.165, 1.54) is 17.4 Å². The number of hydrogen-bond donors (Lipinski definition) is 1. The smallest absolute Gasteiger partial charge is 0.279 e. The van der Waals surface area contributed by atoms with Crippen LogP contribution in [0, 0.1) is 5.82 Å². The zero-order valence-corrected chi connectivity index (χ0v) is 10.8.